The van der Waals surface area contributed by atoms with Gasteiger partial charge in [-0.1, -0.05) is 41.2 Å². The first-order valence-corrected chi connectivity index (χ1v) is 9.27. The number of amides is 1. The lowest BCUT2D eigenvalue weighted by molar-refractivity contribution is 0.0977. The van der Waals surface area contributed by atoms with Gasteiger partial charge >= 0.3 is 0 Å². The fraction of sp³-hybridized carbons (Fsp3) is 0.0556. The van der Waals surface area contributed by atoms with Crippen molar-refractivity contribution in [1.82, 2.24) is 25.1 Å². The van der Waals surface area contributed by atoms with E-state index in [1.54, 1.807) is 23.0 Å². The zero-order valence-electron chi connectivity index (χ0n) is 14.2. The van der Waals surface area contributed by atoms with Crippen molar-refractivity contribution in [3.05, 3.63) is 66.0 Å². The Morgan fingerprint density at radius 2 is 2.00 bits per heavy atom. The highest BCUT2D eigenvalue weighted by atomic mass is 32.1. The highest BCUT2D eigenvalue weighted by Gasteiger charge is 2.10. The fourth-order valence-electron chi connectivity index (χ4n) is 2.45. The normalized spacial score (nSPS) is 10.7. The van der Waals surface area contributed by atoms with Crippen LogP contribution in [0.2, 0.25) is 0 Å². The standard InChI is InChI=1S/C18H14N6OS2/c1-11-5-7-12(8-6-11)15(25)21-17(26)20-14-4-2-3-13(9-14)16-23-24-10-19-22-18(24)27-16/h2-10H,1H3,(H2,20,21,25,26). The van der Waals surface area contributed by atoms with Crippen LogP contribution in [0.25, 0.3) is 15.5 Å². The summed E-state index contributed by atoms with van der Waals surface area (Å²) >= 11 is 6.70. The van der Waals surface area contributed by atoms with Gasteiger partial charge in [-0.2, -0.15) is 9.61 Å². The van der Waals surface area contributed by atoms with E-state index in [1.165, 1.54) is 11.3 Å². The monoisotopic (exact) mass is 394 g/mol. The van der Waals surface area contributed by atoms with E-state index in [0.29, 0.717) is 5.56 Å². The van der Waals surface area contributed by atoms with Gasteiger partial charge in [0, 0.05) is 16.8 Å². The number of fused-ring (bicyclic) bond motifs is 1. The van der Waals surface area contributed by atoms with Crippen molar-refractivity contribution in [1.29, 1.82) is 0 Å². The summed E-state index contributed by atoms with van der Waals surface area (Å²) in [6.45, 7) is 1.97. The molecule has 4 aromatic rings. The first-order valence-electron chi connectivity index (χ1n) is 8.05. The first kappa shape index (κ1) is 17.3. The Balaban J connectivity index is 1.46. The summed E-state index contributed by atoms with van der Waals surface area (Å²) in [7, 11) is 0. The summed E-state index contributed by atoms with van der Waals surface area (Å²) in [6.07, 6.45) is 1.56. The molecule has 27 heavy (non-hydrogen) atoms. The largest absolute Gasteiger partial charge is 0.332 e. The van der Waals surface area contributed by atoms with E-state index >= 15 is 0 Å². The van der Waals surface area contributed by atoms with Crippen molar-refractivity contribution in [2.75, 3.05) is 5.32 Å². The molecule has 7 nitrogen and oxygen atoms in total. The Kier molecular flexibility index (Phi) is 4.61. The van der Waals surface area contributed by atoms with E-state index < -0.39 is 0 Å². The van der Waals surface area contributed by atoms with Gasteiger partial charge < -0.3 is 5.32 Å². The summed E-state index contributed by atoms with van der Waals surface area (Å²) in [5.41, 5.74) is 3.32. The van der Waals surface area contributed by atoms with Crippen LogP contribution in [0.4, 0.5) is 5.69 Å². The third-order valence-corrected chi connectivity index (χ3v) is 4.96. The molecule has 0 saturated heterocycles. The molecule has 0 fully saturated rings. The zero-order valence-corrected chi connectivity index (χ0v) is 15.8. The predicted molar refractivity (Wildman–Crippen MR) is 109 cm³/mol. The van der Waals surface area contributed by atoms with E-state index in [-0.39, 0.29) is 11.0 Å². The molecule has 9 heteroatoms. The van der Waals surface area contributed by atoms with Gasteiger partial charge in [0.1, 0.15) is 11.3 Å². The van der Waals surface area contributed by atoms with E-state index in [0.717, 1.165) is 26.8 Å². The molecule has 1 amide bonds. The molecule has 0 atom stereocenters. The highest BCUT2D eigenvalue weighted by molar-refractivity contribution is 7.80. The predicted octanol–water partition coefficient (Wildman–Crippen LogP) is 3.29. The number of thiocarbonyl (C=S) groups is 1. The van der Waals surface area contributed by atoms with Crippen molar-refractivity contribution in [3.63, 3.8) is 0 Å². The number of aryl methyl sites for hydroxylation is 1. The van der Waals surface area contributed by atoms with E-state index in [1.807, 2.05) is 43.3 Å². The Bertz CT molecular complexity index is 1100. The minimum Gasteiger partial charge on any atom is -0.332 e. The lowest BCUT2D eigenvalue weighted by Gasteiger charge is -2.10. The third-order valence-electron chi connectivity index (χ3n) is 3.80. The maximum atomic E-state index is 12.3. The van der Waals surface area contributed by atoms with Gasteiger partial charge in [0.2, 0.25) is 4.96 Å². The quantitative estimate of drug-likeness (QED) is 0.519. The van der Waals surface area contributed by atoms with Crippen molar-refractivity contribution >= 4 is 45.2 Å². The number of nitrogens with one attached hydrogen (secondary N) is 2. The Hall–Kier alpha value is -3.17. The molecule has 0 saturated carbocycles. The van der Waals surface area contributed by atoms with Crippen molar-refractivity contribution in [2.45, 2.75) is 6.92 Å². The van der Waals surface area contributed by atoms with Gasteiger partial charge in [-0.3, -0.25) is 10.1 Å². The molecule has 2 aromatic heterocycles. The maximum Gasteiger partial charge on any atom is 0.257 e. The number of nitrogens with zero attached hydrogens (tertiary/aromatic N) is 4. The second-order valence-electron chi connectivity index (χ2n) is 5.82. The Morgan fingerprint density at radius 3 is 2.78 bits per heavy atom. The van der Waals surface area contributed by atoms with E-state index in [2.05, 4.69) is 25.9 Å². The third kappa shape index (κ3) is 3.83. The van der Waals surface area contributed by atoms with E-state index in [4.69, 9.17) is 12.2 Å². The topological polar surface area (TPSA) is 84.2 Å². The van der Waals surface area contributed by atoms with Crippen LogP contribution in [0, 0.1) is 6.92 Å². The fourth-order valence-corrected chi connectivity index (χ4v) is 3.48. The van der Waals surface area contributed by atoms with Gasteiger partial charge in [-0.25, -0.2) is 0 Å². The molecule has 0 aliphatic carbocycles. The molecule has 0 aliphatic heterocycles. The van der Waals surface area contributed by atoms with Crippen LogP contribution in [-0.2, 0) is 0 Å². The smallest absolute Gasteiger partial charge is 0.257 e. The van der Waals surface area contributed by atoms with Gasteiger partial charge in [-0.15, -0.1) is 10.2 Å². The highest BCUT2D eigenvalue weighted by Crippen LogP contribution is 2.26. The molecule has 0 radical (unpaired) electrons. The van der Waals surface area contributed by atoms with Gasteiger partial charge in [0.15, 0.2) is 5.11 Å². The molecule has 0 unspecified atom stereocenters. The Morgan fingerprint density at radius 1 is 1.19 bits per heavy atom. The number of aromatic nitrogens is 4. The number of rotatable bonds is 3. The molecule has 2 heterocycles. The number of carbonyl (C=O) groups is 1. The molecule has 0 aliphatic rings. The SMILES string of the molecule is Cc1ccc(C(=O)NC(=S)Nc2cccc(-c3nn4cnnc4s3)c2)cc1. The maximum absolute atomic E-state index is 12.3. The summed E-state index contributed by atoms with van der Waals surface area (Å²) in [6, 6.07) is 14.9. The van der Waals surface area contributed by atoms with Crippen LogP contribution in [0.5, 0.6) is 0 Å². The minimum atomic E-state index is -0.252. The number of hydrogen-bond acceptors (Lipinski definition) is 6. The average Bonchev–Trinajstić information content (AvgIpc) is 3.24. The van der Waals surface area contributed by atoms with Gasteiger partial charge in [-0.05, 0) is 43.4 Å². The van der Waals surface area contributed by atoms with Crippen LogP contribution in [-0.4, -0.2) is 30.8 Å². The molecule has 0 bridgehead atoms. The molecular formula is C18H14N6OS2. The number of benzene rings is 2. The van der Waals surface area contributed by atoms with Crippen molar-refractivity contribution in [2.24, 2.45) is 0 Å². The van der Waals surface area contributed by atoms with Crippen LogP contribution in [0.3, 0.4) is 0 Å². The summed E-state index contributed by atoms with van der Waals surface area (Å²) in [4.78, 5) is 13.0. The van der Waals surface area contributed by atoms with Gasteiger partial charge in [0.05, 0.1) is 0 Å². The molecular weight excluding hydrogens is 380 g/mol. The molecule has 4 rings (SSSR count). The zero-order chi connectivity index (χ0) is 18.8. The number of hydrogen-bond donors (Lipinski definition) is 2. The van der Waals surface area contributed by atoms with Crippen molar-refractivity contribution in [3.8, 4) is 10.6 Å². The number of anilines is 1. The van der Waals surface area contributed by atoms with Crippen LogP contribution < -0.4 is 10.6 Å². The van der Waals surface area contributed by atoms with Crippen LogP contribution in [0.1, 0.15) is 15.9 Å². The van der Waals surface area contributed by atoms with Crippen molar-refractivity contribution < 1.29 is 4.79 Å². The second kappa shape index (κ2) is 7.22. The lowest BCUT2D eigenvalue weighted by atomic mass is 10.1. The molecule has 2 N–H and O–H groups in total. The van der Waals surface area contributed by atoms with E-state index in [9.17, 15) is 4.79 Å². The Labute approximate surface area is 164 Å². The molecule has 2 aromatic carbocycles. The minimum absolute atomic E-state index is 0.232. The molecule has 134 valence electrons. The summed E-state index contributed by atoms with van der Waals surface area (Å²) in [5.74, 6) is -0.252. The average molecular weight is 394 g/mol. The first-order chi connectivity index (χ1) is 13.1. The molecule has 0 spiro atoms. The van der Waals surface area contributed by atoms with Crippen LogP contribution >= 0.6 is 23.6 Å². The number of carbonyl (C=O) groups excluding carboxylic acids is 1. The second-order valence-corrected chi connectivity index (χ2v) is 7.18. The lowest BCUT2D eigenvalue weighted by Crippen LogP contribution is -2.34. The summed E-state index contributed by atoms with van der Waals surface area (Å²) < 4.78 is 1.63. The van der Waals surface area contributed by atoms with Gasteiger partial charge in [0.25, 0.3) is 5.91 Å². The van der Waals surface area contributed by atoms with Crippen LogP contribution in [0.15, 0.2) is 54.9 Å². The summed E-state index contributed by atoms with van der Waals surface area (Å²) in [5, 5.41) is 19.0.